The van der Waals surface area contributed by atoms with E-state index in [1.54, 1.807) is 0 Å². The van der Waals surface area contributed by atoms with E-state index in [2.05, 4.69) is 0 Å². The summed E-state index contributed by atoms with van der Waals surface area (Å²) in [5, 5.41) is 0. The van der Waals surface area contributed by atoms with Gasteiger partial charge in [0.1, 0.15) is 0 Å². The molecule has 0 radical (unpaired) electrons. The second-order valence-corrected chi connectivity index (χ2v) is 6.84. The van der Waals surface area contributed by atoms with Crippen molar-refractivity contribution in [2.75, 3.05) is 13.1 Å². The first-order valence-electron chi connectivity index (χ1n) is 7.82. The van der Waals surface area contributed by atoms with E-state index in [1.165, 1.54) is 25.7 Å². The molecule has 6 unspecified atom stereocenters. The van der Waals surface area contributed by atoms with E-state index in [0.29, 0.717) is 36.3 Å². The molecule has 2 aliphatic heterocycles. The van der Waals surface area contributed by atoms with E-state index in [4.69, 9.17) is 9.47 Å². The standard InChI is InChI=1S/C15H23NO3/c17-9-16(7-10-1-3-12-14(5-10)18-12)8-11-2-4-13-15(6-11)19-13/h9-15H,1-8H2. The van der Waals surface area contributed by atoms with Gasteiger partial charge in [0.15, 0.2) is 0 Å². The van der Waals surface area contributed by atoms with E-state index in [1.807, 2.05) is 4.90 Å². The van der Waals surface area contributed by atoms with Gasteiger partial charge in [-0.3, -0.25) is 4.79 Å². The fourth-order valence-electron chi connectivity index (χ4n) is 4.13. The van der Waals surface area contributed by atoms with Gasteiger partial charge in [-0.25, -0.2) is 0 Å². The topological polar surface area (TPSA) is 45.4 Å². The average Bonchev–Trinajstić information content (AvgIpc) is 3.31. The lowest BCUT2D eigenvalue weighted by atomic mass is 9.87. The Hall–Kier alpha value is -0.610. The quantitative estimate of drug-likeness (QED) is 0.560. The maximum Gasteiger partial charge on any atom is 0.209 e. The molecule has 2 heterocycles. The van der Waals surface area contributed by atoms with Crippen molar-refractivity contribution < 1.29 is 14.3 Å². The summed E-state index contributed by atoms with van der Waals surface area (Å²) in [6, 6.07) is 0. The molecule has 4 rings (SSSR count). The van der Waals surface area contributed by atoms with Crippen LogP contribution < -0.4 is 0 Å². The molecule has 19 heavy (non-hydrogen) atoms. The summed E-state index contributed by atoms with van der Waals surface area (Å²) in [7, 11) is 0. The van der Waals surface area contributed by atoms with Crippen LogP contribution in [-0.2, 0) is 14.3 Å². The Balaban J connectivity index is 1.26. The third-order valence-electron chi connectivity index (χ3n) is 5.36. The summed E-state index contributed by atoms with van der Waals surface area (Å²) in [4.78, 5) is 13.3. The molecule has 0 aromatic heterocycles. The fraction of sp³-hybridized carbons (Fsp3) is 0.933. The highest BCUT2D eigenvalue weighted by Gasteiger charge is 2.45. The molecule has 0 bridgehead atoms. The molecule has 4 heteroatoms. The predicted molar refractivity (Wildman–Crippen MR) is 69.6 cm³/mol. The summed E-state index contributed by atoms with van der Waals surface area (Å²) in [6.45, 7) is 1.86. The zero-order chi connectivity index (χ0) is 12.8. The lowest BCUT2D eigenvalue weighted by molar-refractivity contribution is -0.119. The van der Waals surface area contributed by atoms with Crippen LogP contribution in [0.2, 0.25) is 0 Å². The van der Waals surface area contributed by atoms with Gasteiger partial charge in [-0.15, -0.1) is 0 Å². The van der Waals surface area contributed by atoms with Crippen molar-refractivity contribution in [3.05, 3.63) is 0 Å². The Morgan fingerprint density at radius 2 is 1.37 bits per heavy atom. The lowest BCUT2D eigenvalue weighted by Gasteiger charge is -2.29. The van der Waals surface area contributed by atoms with Crippen LogP contribution >= 0.6 is 0 Å². The van der Waals surface area contributed by atoms with E-state index < -0.39 is 0 Å². The van der Waals surface area contributed by atoms with Gasteiger partial charge >= 0.3 is 0 Å². The van der Waals surface area contributed by atoms with Crippen LogP contribution in [0.15, 0.2) is 0 Å². The normalized spacial score (nSPS) is 46.9. The van der Waals surface area contributed by atoms with Crippen LogP contribution in [0.3, 0.4) is 0 Å². The van der Waals surface area contributed by atoms with E-state index in [9.17, 15) is 4.79 Å². The van der Waals surface area contributed by atoms with Crippen LogP contribution in [0.25, 0.3) is 0 Å². The van der Waals surface area contributed by atoms with Gasteiger partial charge in [-0.1, -0.05) is 0 Å². The van der Waals surface area contributed by atoms with Crippen LogP contribution in [0, 0.1) is 11.8 Å². The van der Waals surface area contributed by atoms with Crippen molar-refractivity contribution in [2.24, 2.45) is 11.8 Å². The van der Waals surface area contributed by atoms with Crippen LogP contribution in [0.1, 0.15) is 38.5 Å². The molecule has 2 saturated heterocycles. The molecule has 0 aromatic carbocycles. The minimum absolute atomic E-state index is 0.516. The molecule has 2 saturated carbocycles. The second-order valence-electron chi connectivity index (χ2n) is 6.84. The van der Waals surface area contributed by atoms with Gasteiger partial charge in [0.2, 0.25) is 6.41 Å². The third-order valence-corrected chi connectivity index (χ3v) is 5.36. The van der Waals surface area contributed by atoms with Crippen molar-refractivity contribution in [2.45, 2.75) is 62.9 Å². The van der Waals surface area contributed by atoms with Gasteiger partial charge < -0.3 is 14.4 Å². The van der Waals surface area contributed by atoms with Gasteiger partial charge in [0.25, 0.3) is 0 Å². The molecule has 0 spiro atoms. The Bertz CT molecular complexity index is 331. The van der Waals surface area contributed by atoms with Gasteiger partial charge in [0, 0.05) is 13.1 Å². The number of carbonyl (C=O) groups is 1. The molecule has 4 nitrogen and oxygen atoms in total. The summed E-state index contributed by atoms with van der Waals surface area (Å²) in [5.41, 5.74) is 0. The number of hydrogen-bond acceptors (Lipinski definition) is 3. The first-order valence-corrected chi connectivity index (χ1v) is 7.82. The highest BCUT2D eigenvalue weighted by atomic mass is 16.6. The molecule has 0 N–H and O–H groups in total. The van der Waals surface area contributed by atoms with Crippen molar-refractivity contribution in [1.82, 2.24) is 4.90 Å². The molecular weight excluding hydrogens is 242 g/mol. The van der Waals surface area contributed by atoms with Crippen molar-refractivity contribution in [3.63, 3.8) is 0 Å². The molecular formula is C15H23NO3. The first-order chi connectivity index (χ1) is 9.31. The van der Waals surface area contributed by atoms with Gasteiger partial charge in [-0.2, -0.15) is 0 Å². The van der Waals surface area contributed by atoms with Crippen molar-refractivity contribution in [1.29, 1.82) is 0 Å². The van der Waals surface area contributed by atoms with Gasteiger partial charge in [-0.05, 0) is 50.4 Å². The highest BCUT2D eigenvalue weighted by molar-refractivity contribution is 5.47. The Morgan fingerprint density at radius 3 is 1.79 bits per heavy atom. The largest absolute Gasteiger partial charge is 0.370 e. The SMILES string of the molecule is O=CN(CC1CCC2OC2C1)CC1CCC2OC2C1. The maximum atomic E-state index is 11.3. The minimum atomic E-state index is 0.516. The summed E-state index contributed by atoms with van der Waals surface area (Å²) < 4.78 is 11.1. The number of fused-ring (bicyclic) bond motifs is 2. The highest BCUT2D eigenvalue weighted by Crippen LogP contribution is 2.41. The molecule has 6 atom stereocenters. The van der Waals surface area contributed by atoms with E-state index in [-0.39, 0.29) is 0 Å². The zero-order valence-corrected chi connectivity index (χ0v) is 11.4. The lowest BCUT2D eigenvalue weighted by Crippen LogP contribution is -2.35. The van der Waals surface area contributed by atoms with Crippen molar-refractivity contribution >= 4 is 6.41 Å². The fourth-order valence-corrected chi connectivity index (χ4v) is 4.13. The number of ether oxygens (including phenoxy) is 2. The summed E-state index contributed by atoms with van der Waals surface area (Å²) in [5.74, 6) is 1.31. The molecule has 4 fully saturated rings. The van der Waals surface area contributed by atoms with Crippen LogP contribution in [-0.4, -0.2) is 48.8 Å². The average molecular weight is 265 g/mol. The molecule has 1 amide bonds. The zero-order valence-electron chi connectivity index (χ0n) is 11.4. The Labute approximate surface area is 114 Å². The smallest absolute Gasteiger partial charge is 0.209 e. The molecule has 106 valence electrons. The van der Waals surface area contributed by atoms with Crippen LogP contribution in [0.5, 0.6) is 0 Å². The molecule has 0 aromatic rings. The Kier molecular flexibility index (Phi) is 3.03. The second kappa shape index (κ2) is 4.74. The number of hydrogen-bond donors (Lipinski definition) is 0. The number of rotatable bonds is 5. The number of amides is 1. The maximum absolute atomic E-state index is 11.3. The van der Waals surface area contributed by atoms with E-state index >= 15 is 0 Å². The van der Waals surface area contributed by atoms with Crippen molar-refractivity contribution in [3.8, 4) is 0 Å². The third kappa shape index (κ3) is 2.65. The Morgan fingerprint density at radius 1 is 0.842 bits per heavy atom. The molecule has 4 aliphatic rings. The van der Waals surface area contributed by atoms with Gasteiger partial charge in [0.05, 0.1) is 24.4 Å². The summed E-state index contributed by atoms with van der Waals surface area (Å²) >= 11 is 0. The molecule has 2 aliphatic carbocycles. The van der Waals surface area contributed by atoms with E-state index in [0.717, 1.165) is 32.3 Å². The first kappa shape index (κ1) is 12.2. The predicted octanol–water partition coefficient (Wildman–Crippen LogP) is 1.58. The number of nitrogens with zero attached hydrogens (tertiary/aromatic N) is 1. The minimum Gasteiger partial charge on any atom is -0.370 e. The summed E-state index contributed by atoms with van der Waals surface area (Å²) in [6.07, 6.45) is 10.4. The number of epoxide rings is 2. The number of carbonyl (C=O) groups excluding carboxylic acids is 1. The van der Waals surface area contributed by atoms with Crippen LogP contribution in [0.4, 0.5) is 0 Å². The monoisotopic (exact) mass is 265 g/mol.